The van der Waals surface area contributed by atoms with Crippen molar-refractivity contribution in [2.75, 3.05) is 18.0 Å². The molecule has 1 aliphatic heterocycles. The molecule has 1 aromatic carbocycles. The SMILES string of the molecule is O=C(NCc1ccccc1)c1csc(-c2ccc(N3CCCC3)nc2)n1. The fourth-order valence-electron chi connectivity index (χ4n) is 3.03. The molecular weight excluding hydrogens is 344 g/mol. The van der Waals surface area contributed by atoms with Gasteiger partial charge in [-0.25, -0.2) is 9.97 Å². The van der Waals surface area contributed by atoms with Crippen LogP contribution in [0.2, 0.25) is 0 Å². The molecule has 6 heteroatoms. The standard InChI is InChI=1S/C20H20N4OS/c25-19(22-12-15-6-2-1-3-7-15)17-14-26-20(23-17)16-8-9-18(21-13-16)24-10-4-5-11-24/h1-3,6-9,13-14H,4-5,10-12H2,(H,22,25). The number of nitrogens with one attached hydrogen (secondary N) is 1. The normalized spacial score (nSPS) is 13.8. The highest BCUT2D eigenvalue weighted by molar-refractivity contribution is 7.13. The third kappa shape index (κ3) is 3.75. The second kappa shape index (κ2) is 7.66. The number of hydrogen-bond acceptors (Lipinski definition) is 5. The lowest BCUT2D eigenvalue weighted by Gasteiger charge is -2.15. The van der Waals surface area contributed by atoms with E-state index in [1.54, 1.807) is 5.38 Å². The van der Waals surface area contributed by atoms with Crippen molar-refractivity contribution < 1.29 is 4.79 Å². The topological polar surface area (TPSA) is 58.1 Å². The summed E-state index contributed by atoms with van der Waals surface area (Å²) in [6.45, 7) is 2.66. The summed E-state index contributed by atoms with van der Waals surface area (Å²) in [4.78, 5) is 23.6. The predicted octanol–water partition coefficient (Wildman–Crippen LogP) is 3.74. The number of anilines is 1. The Labute approximate surface area is 156 Å². The number of benzene rings is 1. The number of nitrogens with zero attached hydrogens (tertiary/aromatic N) is 3. The van der Waals surface area contributed by atoms with Crippen LogP contribution in [0.5, 0.6) is 0 Å². The van der Waals surface area contributed by atoms with Gasteiger partial charge in [-0.2, -0.15) is 0 Å². The minimum atomic E-state index is -0.155. The Bertz CT molecular complexity index is 870. The van der Waals surface area contributed by atoms with Crippen LogP contribution in [0.25, 0.3) is 10.6 Å². The molecule has 132 valence electrons. The van der Waals surface area contributed by atoms with E-state index in [-0.39, 0.29) is 5.91 Å². The maximum absolute atomic E-state index is 12.3. The van der Waals surface area contributed by atoms with E-state index in [1.165, 1.54) is 24.2 Å². The molecule has 26 heavy (non-hydrogen) atoms. The van der Waals surface area contributed by atoms with Crippen molar-refractivity contribution in [3.8, 4) is 10.6 Å². The molecular formula is C20H20N4OS. The van der Waals surface area contributed by atoms with Crippen LogP contribution in [0.15, 0.2) is 54.0 Å². The molecule has 1 aliphatic rings. The molecule has 0 radical (unpaired) electrons. The molecule has 0 atom stereocenters. The van der Waals surface area contributed by atoms with Crippen molar-refractivity contribution in [1.29, 1.82) is 0 Å². The van der Waals surface area contributed by atoms with E-state index in [9.17, 15) is 4.79 Å². The number of thiazole rings is 1. The summed E-state index contributed by atoms with van der Waals surface area (Å²) in [7, 11) is 0. The van der Waals surface area contributed by atoms with Crippen LogP contribution in [0.1, 0.15) is 28.9 Å². The van der Waals surface area contributed by atoms with Gasteiger partial charge in [0.15, 0.2) is 0 Å². The largest absolute Gasteiger partial charge is 0.357 e. The van der Waals surface area contributed by atoms with E-state index < -0.39 is 0 Å². The van der Waals surface area contributed by atoms with Gasteiger partial charge in [0.1, 0.15) is 16.5 Å². The first kappa shape index (κ1) is 16.7. The smallest absolute Gasteiger partial charge is 0.271 e. The Morgan fingerprint density at radius 3 is 2.65 bits per heavy atom. The summed E-state index contributed by atoms with van der Waals surface area (Å²) in [5, 5.41) is 5.52. The molecule has 4 rings (SSSR count). The molecule has 2 aromatic heterocycles. The molecule has 0 aliphatic carbocycles. The second-order valence-corrected chi connectivity index (χ2v) is 7.16. The molecule has 3 heterocycles. The van der Waals surface area contributed by atoms with Gasteiger partial charge in [-0.15, -0.1) is 11.3 Å². The minimum Gasteiger partial charge on any atom is -0.357 e. The van der Waals surface area contributed by atoms with E-state index in [0.29, 0.717) is 12.2 Å². The van der Waals surface area contributed by atoms with Crippen LogP contribution in [-0.2, 0) is 6.54 Å². The van der Waals surface area contributed by atoms with Crippen molar-refractivity contribution in [3.63, 3.8) is 0 Å². The van der Waals surface area contributed by atoms with E-state index in [2.05, 4.69) is 20.2 Å². The van der Waals surface area contributed by atoms with Crippen LogP contribution in [-0.4, -0.2) is 29.0 Å². The maximum Gasteiger partial charge on any atom is 0.271 e. The molecule has 5 nitrogen and oxygen atoms in total. The van der Waals surface area contributed by atoms with Crippen LogP contribution < -0.4 is 10.2 Å². The number of pyridine rings is 1. The van der Waals surface area contributed by atoms with Gasteiger partial charge < -0.3 is 10.2 Å². The predicted molar refractivity (Wildman–Crippen MR) is 104 cm³/mol. The summed E-state index contributed by atoms with van der Waals surface area (Å²) in [5.74, 6) is 0.863. The fourth-order valence-corrected chi connectivity index (χ4v) is 3.82. The first-order chi connectivity index (χ1) is 12.8. The lowest BCUT2D eigenvalue weighted by atomic mass is 10.2. The Balaban J connectivity index is 1.41. The van der Waals surface area contributed by atoms with E-state index in [4.69, 9.17) is 0 Å². The van der Waals surface area contributed by atoms with Gasteiger partial charge in [-0.05, 0) is 30.5 Å². The molecule has 1 N–H and O–H groups in total. The van der Waals surface area contributed by atoms with Gasteiger partial charge in [0, 0.05) is 36.8 Å². The number of aromatic nitrogens is 2. The summed E-state index contributed by atoms with van der Waals surface area (Å²) in [5.41, 5.74) is 2.46. The highest BCUT2D eigenvalue weighted by Crippen LogP contribution is 2.25. The van der Waals surface area contributed by atoms with E-state index >= 15 is 0 Å². The number of rotatable bonds is 5. The maximum atomic E-state index is 12.3. The van der Waals surface area contributed by atoms with Gasteiger partial charge in [0.25, 0.3) is 5.91 Å². The van der Waals surface area contributed by atoms with Gasteiger partial charge in [0.2, 0.25) is 0 Å². The molecule has 1 fully saturated rings. The summed E-state index contributed by atoms with van der Waals surface area (Å²) in [6.07, 6.45) is 4.31. The van der Waals surface area contributed by atoms with Crippen molar-refractivity contribution in [3.05, 3.63) is 65.3 Å². The van der Waals surface area contributed by atoms with Crippen molar-refractivity contribution in [2.24, 2.45) is 0 Å². The third-order valence-corrected chi connectivity index (χ3v) is 5.35. The average Bonchev–Trinajstić information content (AvgIpc) is 3.39. The van der Waals surface area contributed by atoms with E-state index in [0.717, 1.165) is 35.0 Å². The molecule has 3 aromatic rings. The summed E-state index contributed by atoms with van der Waals surface area (Å²) < 4.78 is 0. The average molecular weight is 364 g/mol. The quantitative estimate of drug-likeness (QED) is 0.749. The van der Waals surface area contributed by atoms with Gasteiger partial charge in [0.05, 0.1) is 0 Å². The van der Waals surface area contributed by atoms with Crippen LogP contribution in [0.3, 0.4) is 0 Å². The highest BCUT2D eigenvalue weighted by atomic mass is 32.1. The zero-order chi connectivity index (χ0) is 17.8. The molecule has 0 saturated carbocycles. The third-order valence-electron chi connectivity index (χ3n) is 4.46. The summed E-state index contributed by atoms with van der Waals surface area (Å²) in [6, 6.07) is 13.9. The number of hydrogen-bond donors (Lipinski definition) is 1. The molecule has 0 unspecified atom stereocenters. The molecule has 1 saturated heterocycles. The second-order valence-electron chi connectivity index (χ2n) is 6.31. The van der Waals surface area contributed by atoms with E-state index in [1.807, 2.05) is 48.7 Å². The highest BCUT2D eigenvalue weighted by Gasteiger charge is 2.15. The van der Waals surface area contributed by atoms with Crippen LogP contribution >= 0.6 is 11.3 Å². The first-order valence-corrected chi connectivity index (χ1v) is 9.66. The Hall–Kier alpha value is -2.73. The summed E-state index contributed by atoms with van der Waals surface area (Å²) >= 11 is 1.47. The van der Waals surface area contributed by atoms with Crippen molar-refractivity contribution in [1.82, 2.24) is 15.3 Å². The molecule has 0 bridgehead atoms. The van der Waals surface area contributed by atoms with Crippen LogP contribution in [0, 0.1) is 0 Å². The zero-order valence-electron chi connectivity index (χ0n) is 14.4. The molecule has 1 amide bonds. The van der Waals surface area contributed by atoms with Crippen molar-refractivity contribution in [2.45, 2.75) is 19.4 Å². The van der Waals surface area contributed by atoms with Gasteiger partial charge >= 0.3 is 0 Å². The number of carbonyl (C=O) groups excluding carboxylic acids is 1. The Kier molecular flexibility index (Phi) is 4.93. The fraction of sp³-hybridized carbons (Fsp3) is 0.250. The lowest BCUT2D eigenvalue weighted by Crippen LogP contribution is -2.23. The monoisotopic (exact) mass is 364 g/mol. The van der Waals surface area contributed by atoms with Gasteiger partial charge in [-0.1, -0.05) is 30.3 Å². The minimum absolute atomic E-state index is 0.155. The number of carbonyl (C=O) groups is 1. The Morgan fingerprint density at radius 2 is 1.92 bits per heavy atom. The van der Waals surface area contributed by atoms with Gasteiger partial charge in [-0.3, -0.25) is 4.79 Å². The Morgan fingerprint density at radius 1 is 1.12 bits per heavy atom. The lowest BCUT2D eigenvalue weighted by molar-refractivity contribution is 0.0946. The zero-order valence-corrected chi connectivity index (χ0v) is 15.2. The van der Waals surface area contributed by atoms with Crippen LogP contribution in [0.4, 0.5) is 5.82 Å². The number of amides is 1. The molecule has 0 spiro atoms. The first-order valence-electron chi connectivity index (χ1n) is 8.78. The van der Waals surface area contributed by atoms with Crippen molar-refractivity contribution >= 4 is 23.1 Å².